The second-order valence-electron chi connectivity index (χ2n) is 7.23. The van der Waals surface area contributed by atoms with Crippen molar-refractivity contribution in [2.24, 2.45) is 0 Å². The molecule has 148 valence electrons. The van der Waals surface area contributed by atoms with Crippen molar-refractivity contribution in [3.05, 3.63) is 82.6 Å². The number of benzene rings is 2. The van der Waals surface area contributed by atoms with Crippen molar-refractivity contribution < 1.29 is 9.59 Å². The molecule has 0 N–H and O–H groups in total. The van der Waals surface area contributed by atoms with E-state index in [2.05, 4.69) is 12.1 Å². The standard InChI is InChI=1S/C24H24N2O2S/c27-23(18-22-8-4-17-29-22)25-13-5-14-26(16-15-25)24(28)21-11-9-20(10-12-21)19-6-2-1-3-7-19/h1-4,6-12,17H,5,13-16,18H2. The molecule has 4 nitrogen and oxygen atoms in total. The molecular weight excluding hydrogens is 380 g/mol. The average molecular weight is 405 g/mol. The molecule has 4 rings (SSSR count). The quantitative estimate of drug-likeness (QED) is 0.649. The molecule has 0 saturated carbocycles. The lowest BCUT2D eigenvalue weighted by atomic mass is 10.0. The average Bonchev–Trinajstić information content (AvgIpc) is 3.15. The molecule has 0 atom stereocenters. The minimum atomic E-state index is 0.0390. The number of carbonyl (C=O) groups is 2. The number of hydrogen-bond acceptors (Lipinski definition) is 3. The topological polar surface area (TPSA) is 40.6 Å². The molecule has 2 aromatic carbocycles. The number of amides is 2. The van der Waals surface area contributed by atoms with E-state index in [1.54, 1.807) is 11.3 Å². The zero-order valence-electron chi connectivity index (χ0n) is 16.3. The minimum Gasteiger partial charge on any atom is -0.341 e. The highest BCUT2D eigenvalue weighted by molar-refractivity contribution is 7.10. The van der Waals surface area contributed by atoms with Crippen LogP contribution < -0.4 is 0 Å². The lowest BCUT2D eigenvalue weighted by Gasteiger charge is -2.22. The van der Waals surface area contributed by atoms with E-state index in [9.17, 15) is 9.59 Å². The number of thiophene rings is 1. The third-order valence-electron chi connectivity index (χ3n) is 5.28. The van der Waals surface area contributed by atoms with Gasteiger partial charge in [0.05, 0.1) is 6.42 Å². The van der Waals surface area contributed by atoms with Crippen LogP contribution in [0.1, 0.15) is 21.7 Å². The largest absolute Gasteiger partial charge is 0.341 e. The molecule has 1 fully saturated rings. The van der Waals surface area contributed by atoms with Crippen molar-refractivity contribution in [1.82, 2.24) is 9.80 Å². The van der Waals surface area contributed by atoms with Crippen molar-refractivity contribution in [1.29, 1.82) is 0 Å². The number of hydrogen-bond donors (Lipinski definition) is 0. The van der Waals surface area contributed by atoms with E-state index in [1.807, 2.05) is 69.8 Å². The van der Waals surface area contributed by atoms with Gasteiger partial charge in [0.25, 0.3) is 5.91 Å². The Morgan fingerprint density at radius 1 is 0.759 bits per heavy atom. The van der Waals surface area contributed by atoms with Gasteiger partial charge < -0.3 is 9.80 Å². The molecule has 5 heteroatoms. The van der Waals surface area contributed by atoms with Gasteiger partial charge in [0.2, 0.25) is 5.91 Å². The van der Waals surface area contributed by atoms with Gasteiger partial charge in [-0.1, -0.05) is 48.5 Å². The molecule has 0 bridgehead atoms. The van der Waals surface area contributed by atoms with Gasteiger partial charge in [0, 0.05) is 36.6 Å². The Kier molecular flexibility index (Phi) is 6.06. The second kappa shape index (κ2) is 9.05. The fourth-order valence-corrected chi connectivity index (χ4v) is 4.36. The van der Waals surface area contributed by atoms with Crippen molar-refractivity contribution in [2.75, 3.05) is 26.2 Å². The van der Waals surface area contributed by atoms with Crippen LogP contribution in [0.2, 0.25) is 0 Å². The molecule has 0 aliphatic carbocycles. The Balaban J connectivity index is 1.37. The molecule has 0 radical (unpaired) electrons. The van der Waals surface area contributed by atoms with Crippen LogP contribution in [0, 0.1) is 0 Å². The fourth-order valence-electron chi connectivity index (χ4n) is 3.66. The Labute approximate surface area is 175 Å². The zero-order chi connectivity index (χ0) is 20.1. The molecule has 0 unspecified atom stereocenters. The lowest BCUT2D eigenvalue weighted by molar-refractivity contribution is -0.130. The smallest absolute Gasteiger partial charge is 0.253 e. The van der Waals surface area contributed by atoms with Gasteiger partial charge in [-0.25, -0.2) is 0 Å². The predicted octanol–water partition coefficient (Wildman–Crippen LogP) is 4.33. The first kappa shape index (κ1) is 19.4. The first-order chi connectivity index (χ1) is 14.2. The maximum absolute atomic E-state index is 13.0. The summed E-state index contributed by atoms with van der Waals surface area (Å²) in [5, 5.41) is 1.99. The van der Waals surface area contributed by atoms with Crippen LogP contribution in [-0.4, -0.2) is 47.8 Å². The number of carbonyl (C=O) groups excluding carboxylic acids is 2. The third-order valence-corrected chi connectivity index (χ3v) is 6.16. The normalized spacial score (nSPS) is 14.5. The summed E-state index contributed by atoms with van der Waals surface area (Å²) in [6.45, 7) is 2.57. The molecule has 1 aliphatic rings. The molecule has 1 aliphatic heterocycles. The van der Waals surface area contributed by atoms with E-state index in [0.717, 1.165) is 22.4 Å². The SMILES string of the molecule is O=C(Cc1cccs1)N1CCCN(C(=O)c2ccc(-c3ccccc3)cc2)CC1. The van der Waals surface area contributed by atoms with Gasteiger partial charge >= 0.3 is 0 Å². The van der Waals surface area contributed by atoms with E-state index in [4.69, 9.17) is 0 Å². The number of rotatable bonds is 4. The van der Waals surface area contributed by atoms with Gasteiger partial charge in [0.15, 0.2) is 0 Å². The minimum absolute atomic E-state index is 0.0390. The molecule has 29 heavy (non-hydrogen) atoms. The van der Waals surface area contributed by atoms with Crippen LogP contribution in [0.4, 0.5) is 0 Å². The summed E-state index contributed by atoms with van der Waals surface area (Å²) in [6.07, 6.45) is 1.26. The Hall–Kier alpha value is -2.92. The maximum Gasteiger partial charge on any atom is 0.253 e. The van der Waals surface area contributed by atoms with Gasteiger partial charge in [-0.15, -0.1) is 11.3 Å². The Morgan fingerprint density at radius 2 is 1.45 bits per heavy atom. The van der Waals surface area contributed by atoms with E-state index in [0.29, 0.717) is 38.2 Å². The van der Waals surface area contributed by atoms with Crippen LogP contribution in [0.25, 0.3) is 11.1 Å². The van der Waals surface area contributed by atoms with Crippen molar-refractivity contribution in [2.45, 2.75) is 12.8 Å². The monoisotopic (exact) mass is 404 g/mol. The van der Waals surface area contributed by atoms with Crippen molar-refractivity contribution in [3.63, 3.8) is 0 Å². The molecule has 2 heterocycles. The fraction of sp³-hybridized carbons (Fsp3) is 0.250. The molecule has 3 aromatic rings. The van der Waals surface area contributed by atoms with Crippen LogP contribution >= 0.6 is 11.3 Å². The van der Waals surface area contributed by atoms with Crippen LogP contribution in [-0.2, 0) is 11.2 Å². The predicted molar refractivity (Wildman–Crippen MR) is 117 cm³/mol. The van der Waals surface area contributed by atoms with E-state index in [-0.39, 0.29) is 11.8 Å². The summed E-state index contributed by atoms with van der Waals surface area (Å²) in [7, 11) is 0. The summed E-state index contributed by atoms with van der Waals surface area (Å²) in [5.74, 6) is 0.186. The van der Waals surface area contributed by atoms with Crippen molar-refractivity contribution >= 4 is 23.2 Å². The lowest BCUT2D eigenvalue weighted by Crippen LogP contribution is -2.37. The van der Waals surface area contributed by atoms with Crippen LogP contribution in [0.15, 0.2) is 72.1 Å². The van der Waals surface area contributed by atoms with E-state index < -0.39 is 0 Å². The first-order valence-electron chi connectivity index (χ1n) is 9.95. The molecule has 1 aromatic heterocycles. The molecule has 2 amide bonds. The van der Waals surface area contributed by atoms with E-state index in [1.165, 1.54) is 0 Å². The maximum atomic E-state index is 13.0. The summed E-state index contributed by atoms with van der Waals surface area (Å²) in [4.78, 5) is 30.4. The first-order valence-corrected chi connectivity index (χ1v) is 10.8. The Morgan fingerprint density at radius 3 is 2.17 bits per heavy atom. The summed E-state index contributed by atoms with van der Waals surface area (Å²) < 4.78 is 0. The van der Waals surface area contributed by atoms with Gasteiger partial charge in [-0.05, 0) is 41.1 Å². The number of nitrogens with zero attached hydrogens (tertiary/aromatic N) is 2. The highest BCUT2D eigenvalue weighted by Crippen LogP contribution is 2.20. The molecule has 0 spiro atoms. The molecule has 1 saturated heterocycles. The summed E-state index contributed by atoms with van der Waals surface area (Å²) in [5.41, 5.74) is 2.94. The zero-order valence-corrected chi connectivity index (χ0v) is 17.1. The van der Waals surface area contributed by atoms with Crippen LogP contribution in [0.3, 0.4) is 0 Å². The highest BCUT2D eigenvalue weighted by Gasteiger charge is 2.23. The second-order valence-corrected chi connectivity index (χ2v) is 8.26. The van der Waals surface area contributed by atoms with Gasteiger partial charge in [0.1, 0.15) is 0 Å². The third kappa shape index (κ3) is 4.74. The summed E-state index contributed by atoms with van der Waals surface area (Å²) >= 11 is 1.61. The highest BCUT2D eigenvalue weighted by atomic mass is 32.1. The van der Waals surface area contributed by atoms with Gasteiger partial charge in [-0.3, -0.25) is 9.59 Å². The Bertz CT molecular complexity index is 952. The van der Waals surface area contributed by atoms with E-state index >= 15 is 0 Å². The summed E-state index contributed by atoms with van der Waals surface area (Å²) in [6, 6.07) is 21.9. The van der Waals surface area contributed by atoms with Gasteiger partial charge in [-0.2, -0.15) is 0 Å². The molecular formula is C24H24N2O2S. The van der Waals surface area contributed by atoms with Crippen molar-refractivity contribution in [3.8, 4) is 11.1 Å². The van der Waals surface area contributed by atoms with Crippen LogP contribution in [0.5, 0.6) is 0 Å².